The third kappa shape index (κ3) is 4.05. The van der Waals surface area contributed by atoms with Crippen LogP contribution >= 0.6 is 11.3 Å². The first-order chi connectivity index (χ1) is 16.0. The lowest BCUT2D eigenvalue weighted by molar-refractivity contribution is -0.121. The molecular formula is C25H21N3O4S. The summed E-state index contributed by atoms with van der Waals surface area (Å²) in [6.45, 7) is 2.30. The highest BCUT2D eigenvalue weighted by molar-refractivity contribution is 7.22. The Kier molecular flexibility index (Phi) is 5.51. The topological polar surface area (TPSA) is 83.7 Å². The Morgan fingerprint density at radius 3 is 2.64 bits per heavy atom. The van der Waals surface area contributed by atoms with Crippen LogP contribution in [0.4, 0.5) is 10.8 Å². The normalized spacial score (nSPS) is 13.8. The number of nitrogens with zero attached hydrogens (tertiary/aromatic N) is 3. The van der Waals surface area contributed by atoms with Crippen molar-refractivity contribution in [3.05, 3.63) is 77.7 Å². The SMILES string of the molecule is CCc1ccc2nc(N(Cc3ccco3)C(=O)c3cccc(N4C(=O)CCC4=O)c3)sc2c1. The summed E-state index contributed by atoms with van der Waals surface area (Å²) in [5.74, 6) is -0.176. The molecule has 3 heterocycles. The number of carbonyl (C=O) groups is 3. The van der Waals surface area contributed by atoms with Gasteiger partial charge < -0.3 is 4.42 Å². The Morgan fingerprint density at radius 1 is 1.09 bits per heavy atom. The van der Waals surface area contributed by atoms with E-state index in [1.54, 1.807) is 47.6 Å². The van der Waals surface area contributed by atoms with E-state index < -0.39 is 0 Å². The van der Waals surface area contributed by atoms with Crippen molar-refractivity contribution in [1.82, 2.24) is 4.98 Å². The molecular weight excluding hydrogens is 438 g/mol. The molecule has 2 aromatic carbocycles. The van der Waals surface area contributed by atoms with Gasteiger partial charge in [0.1, 0.15) is 5.76 Å². The predicted octanol–water partition coefficient (Wildman–Crippen LogP) is 4.95. The van der Waals surface area contributed by atoms with Gasteiger partial charge in [-0.1, -0.05) is 30.4 Å². The highest BCUT2D eigenvalue weighted by Gasteiger charge is 2.31. The van der Waals surface area contributed by atoms with Crippen molar-refractivity contribution in [2.45, 2.75) is 32.7 Å². The molecule has 0 N–H and O–H groups in total. The van der Waals surface area contributed by atoms with Crippen molar-refractivity contribution in [2.75, 3.05) is 9.80 Å². The molecule has 4 aromatic rings. The number of carbonyl (C=O) groups excluding carboxylic acids is 3. The lowest BCUT2D eigenvalue weighted by Crippen LogP contribution is -2.31. The molecule has 0 spiro atoms. The minimum Gasteiger partial charge on any atom is -0.467 e. The second-order valence-electron chi connectivity index (χ2n) is 7.80. The Balaban J connectivity index is 1.53. The molecule has 1 saturated heterocycles. The zero-order chi connectivity index (χ0) is 22.9. The molecule has 3 amide bonds. The molecule has 1 fully saturated rings. The average molecular weight is 460 g/mol. The largest absolute Gasteiger partial charge is 0.467 e. The fourth-order valence-electron chi connectivity index (χ4n) is 3.88. The zero-order valence-corrected chi connectivity index (χ0v) is 18.8. The van der Waals surface area contributed by atoms with E-state index in [0.29, 0.717) is 22.1 Å². The minimum absolute atomic E-state index is 0.188. The number of fused-ring (bicyclic) bond motifs is 1. The molecule has 5 rings (SSSR count). The molecule has 1 aliphatic rings. The number of rotatable bonds is 6. The fraction of sp³-hybridized carbons (Fsp3) is 0.200. The number of aryl methyl sites for hydroxylation is 1. The van der Waals surface area contributed by atoms with E-state index in [1.807, 2.05) is 12.1 Å². The number of hydrogen-bond acceptors (Lipinski definition) is 6. The molecule has 7 nitrogen and oxygen atoms in total. The molecule has 0 radical (unpaired) electrons. The van der Waals surface area contributed by atoms with Crippen LogP contribution in [-0.2, 0) is 22.6 Å². The first-order valence-electron chi connectivity index (χ1n) is 10.7. The van der Waals surface area contributed by atoms with Gasteiger partial charge in [-0.25, -0.2) is 4.98 Å². The quantitative estimate of drug-likeness (QED) is 0.381. The van der Waals surface area contributed by atoms with Crippen LogP contribution in [0.5, 0.6) is 0 Å². The van der Waals surface area contributed by atoms with Gasteiger partial charge in [0.2, 0.25) is 11.8 Å². The fourth-order valence-corrected chi connectivity index (χ4v) is 4.90. The second-order valence-corrected chi connectivity index (χ2v) is 8.81. The van der Waals surface area contributed by atoms with E-state index >= 15 is 0 Å². The molecule has 0 unspecified atom stereocenters. The molecule has 0 atom stereocenters. The van der Waals surface area contributed by atoms with Gasteiger partial charge in [0, 0.05) is 18.4 Å². The monoisotopic (exact) mass is 459 g/mol. The summed E-state index contributed by atoms with van der Waals surface area (Å²) in [5, 5.41) is 0.554. The highest BCUT2D eigenvalue weighted by Crippen LogP contribution is 2.32. The maximum atomic E-state index is 13.7. The van der Waals surface area contributed by atoms with Crippen molar-refractivity contribution >= 4 is 50.1 Å². The Bertz CT molecular complexity index is 1340. The van der Waals surface area contributed by atoms with E-state index in [0.717, 1.165) is 21.5 Å². The first-order valence-corrected chi connectivity index (χ1v) is 11.5. The molecule has 0 bridgehead atoms. The van der Waals surface area contributed by atoms with Crippen LogP contribution in [-0.4, -0.2) is 22.7 Å². The number of aromatic nitrogens is 1. The number of anilines is 2. The van der Waals surface area contributed by atoms with Gasteiger partial charge in [-0.15, -0.1) is 0 Å². The third-order valence-corrected chi connectivity index (χ3v) is 6.66. The van der Waals surface area contributed by atoms with Crippen LogP contribution in [0, 0.1) is 0 Å². The molecule has 8 heteroatoms. The van der Waals surface area contributed by atoms with E-state index in [-0.39, 0.29) is 37.1 Å². The summed E-state index contributed by atoms with van der Waals surface area (Å²) < 4.78 is 6.50. The van der Waals surface area contributed by atoms with Crippen LogP contribution < -0.4 is 9.80 Å². The van der Waals surface area contributed by atoms with Crippen molar-refractivity contribution in [3.63, 3.8) is 0 Å². The third-order valence-electron chi connectivity index (χ3n) is 5.62. The summed E-state index contributed by atoms with van der Waals surface area (Å²) in [7, 11) is 0. The van der Waals surface area contributed by atoms with Crippen LogP contribution in [0.25, 0.3) is 10.2 Å². The number of amides is 3. The van der Waals surface area contributed by atoms with E-state index in [1.165, 1.54) is 16.9 Å². The maximum absolute atomic E-state index is 13.7. The van der Waals surface area contributed by atoms with E-state index in [4.69, 9.17) is 9.40 Å². The summed E-state index contributed by atoms with van der Waals surface area (Å²) in [6, 6.07) is 16.3. The van der Waals surface area contributed by atoms with Crippen LogP contribution in [0.3, 0.4) is 0 Å². The standard InChI is InChI=1S/C25H21N3O4S/c1-2-16-8-9-20-21(13-16)33-25(26-20)27(15-19-7-4-12-32-19)24(31)17-5-3-6-18(14-17)28-22(29)10-11-23(28)30/h3-9,12-14H,2,10-11,15H2,1H3. The summed E-state index contributed by atoms with van der Waals surface area (Å²) in [4.78, 5) is 45.4. The van der Waals surface area contributed by atoms with Crippen LogP contribution in [0.1, 0.15) is 41.4 Å². The van der Waals surface area contributed by atoms with E-state index in [2.05, 4.69) is 13.0 Å². The smallest absolute Gasteiger partial charge is 0.260 e. The summed E-state index contributed by atoms with van der Waals surface area (Å²) in [6.07, 6.45) is 2.86. The van der Waals surface area contributed by atoms with Crippen LogP contribution in [0.2, 0.25) is 0 Å². The Morgan fingerprint density at radius 2 is 1.91 bits per heavy atom. The van der Waals surface area contributed by atoms with Crippen molar-refractivity contribution in [2.24, 2.45) is 0 Å². The molecule has 2 aromatic heterocycles. The summed E-state index contributed by atoms with van der Waals surface area (Å²) >= 11 is 1.44. The van der Waals surface area contributed by atoms with Crippen LogP contribution in [0.15, 0.2) is 65.3 Å². The lowest BCUT2D eigenvalue weighted by atomic mass is 10.1. The van der Waals surface area contributed by atoms with E-state index in [9.17, 15) is 14.4 Å². The van der Waals surface area contributed by atoms with Crippen molar-refractivity contribution in [1.29, 1.82) is 0 Å². The van der Waals surface area contributed by atoms with Gasteiger partial charge in [0.25, 0.3) is 5.91 Å². The number of imide groups is 1. The Hall–Kier alpha value is -3.78. The number of hydrogen-bond donors (Lipinski definition) is 0. The van der Waals surface area contributed by atoms with Gasteiger partial charge in [0.15, 0.2) is 5.13 Å². The predicted molar refractivity (Wildman–Crippen MR) is 126 cm³/mol. The molecule has 0 saturated carbocycles. The minimum atomic E-state index is -0.290. The van der Waals surface area contributed by atoms with Gasteiger partial charge in [-0.2, -0.15) is 0 Å². The molecule has 166 valence electrons. The van der Waals surface area contributed by atoms with Crippen molar-refractivity contribution in [3.8, 4) is 0 Å². The second kappa shape index (κ2) is 8.63. The molecule has 1 aliphatic heterocycles. The summed E-state index contributed by atoms with van der Waals surface area (Å²) in [5.41, 5.74) is 2.80. The van der Waals surface area contributed by atoms with Gasteiger partial charge in [-0.3, -0.25) is 24.2 Å². The maximum Gasteiger partial charge on any atom is 0.260 e. The van der Waals surface area contributed by atoms with Crippen molar-refractivity contribution < 1.29 is 18.8 Å². The molecule has 33 heavy (non-hydrogen) atoms. The number of thiazole rings is 1. The lowest BCUT2D eigenvalue weighted by Gasteiger charge is -2.20. The number of benzene rings is 2. The van der Waals surface area contributed by atoms with Gasteiger partial charge >= 0.3 is 0 Å². The average Bonchev–Trinajstić information content (AvgIpc) is 3.56. The first kappa shape index (κ1) is 21.1. The molecule has 0 aliphatic carbocycles. The number of furan rings is 1. The zero-order valence-electron chi connectivity index (χ0n) is 18.0. The Labute approximate surface area is 194 Å². The highest BCUT2D eigenvalue weighted by atomic mass is 32.1. The van der Waals surface area contributed by atoms with Gasteiger partial charge in [0.05, 0.1) is 28.7 Å². The van der Waals surface area contributed by atoms with Gasteiger partial charge in [-0.05, 0) is 54.4 Å².